The second kappa shape index (κ2) is 5.40. The van der Waals surface area contributed by atoms with Crippen molar-refractivity contribution in [2.24, 2.45) is 17.7 Å². The van der Waals surface area contributed by atoms with E-state index in [1.165, 1.54) is 6.42 Å². The molecule has 0 aliphatic carbocycles. The summed E-state index contributed by atoms with van der Waals surface area (Å²) in [6.45, 7) is 7.85. The molecule has 5 nitrogen and oxygen atoms in total. The van der Waals surface area contributed by atoms with Gasteiger partial charge in [0, 0.05) is 18.8 Å². The summed E-state index contributed by atoms with van der Waals surface area (Å²) in [5.41, 5.74) is 2.50. The summed E-state index contributed by atoms with van der Waals surface area (Å²) >= 11 is 3.53. The molecule has 0 spiro atoms. The van der Waals surface area contributed by atoms with Crippen molar-refractivity contribution in [3.63, 3.8) is 0 Å². The van der Waals surface area contributed by atoms with Crippen LogP contribution >= 0.6 is 15.9 Å². The molecular weight excluding hydrogens is 294 g/mol. The number of rotatable bonds is 2. The standard InChI is InChI=1S/C12H20BrN5/c1-7-4-8(2)9(3)18(6-7)11-10(13)5-15-12(16-11)17-14/h5,7-9H,4,6,14H2,1-3H3,(H,15,16,17). The maximum absolute atomic E-state index is 5.38. The summed E-state index contributed by atoms with van der Waals surface area (Å²) in [6.07, 6.45) is 3.01. The van der Waals surface area contributed by atoms with Gasteiger partial charge in [0.2, 0.25) is 5.95 Å². The van der Waals surface area contributed by atoms with Gasteiger partial charge in [-0.05, 0) is 41.1 Å². The molecule has 1 aromatic rings. The van der Waals surface area contributed by atoms with Gasteiger partial charge in [0.1, 0.15) is 5.82 Å². The second-order valence-electron chi connectivity index (χ2n) is 5.22. The zero-order chi connectivity index (χ0) is 13.3. The molecule has 0 saturated carbocycles. The molecule has 2 heterocycles. The quantitative estimate of drug-likeness (QED) is 0.648. The van der Waals surface area contributed by atoms with Crippen LogP contribution in [0, 0.1) is 11.8 Å². The van der Waals surface area contributed by atoms with Gasteiger partial charge in [0.05, 0.1) is 4.47 Å². The van der Waals surface area contributed by atoms with Crippen molar-refractivity contribution in [1.29, 1.82) is 0 Å². The average Bonchev–Trinajstić information content (AvgIpc) is 2.34. The highest BCUT2D eigenvalue weighted by Gasteiger charge is 2.30. The smallest absolute Gasteiger partial charge is 0.239 e. The first-order chi connectivity index (χ1) is 8.52. The lowest BCUT2D eigenvalue weighted by atomic mass is 9.86. The molecule has 0 amide bonds. The molecule has 1 saturated heterocycles. The lowest BCUT2D eigenvalue weighted by Crippen LogP contribution is -2.46. The van der Waals surface area contributed by atoms with E-state index in [-0.39, 0.29) is 0 Å². The van der Waals surface area contributed by atoms with Gasteiger partial charge in [-0.1, -0.05) is 13.8 Å². The van der Waals surface area contributed by atoms with Crippen LogP contribution in [0.4, 0.5) is 11.8 Å². The second-order valence-corrected chi connectivity index (χ2v) is 6.07. The molecule has 3 unspecified atom stereocenters. The Balaban J connectivity index is 2.34. The van der Waals surface area contributed by atoms with Crippen LogP contribution in [-0.4, -0.2) is 22.6 Å². The molecule has 0 aromatic carbocycles. The molecule has 3 N–H and O–H groups in total. The first kappa shape index (κ1) is 13.5. The van der Waals surface area contributed by atoms with Gasteiger partial charge in [-0.25, -0.2) is 10.8 Å². The number of halogens is 1. The van der Waals surface area contributed by atoms with Crippen molar-refractivity contribution < 1.29 is 0 Å². The summed E-state index contributed by atoms with van der Waals surface area (Å²) in [4.78, 5) is 10.9. The minimum absolute atomic E-state index is 0.450. The van der Waals surface area contributed by atoms with Crippen molar-refractivity contribution >= 4 is 27.7 Å². The molecule has 1 fully saturated rings. The molecule has 18 heavy (non-hydrogen) atoms. The van der Waals surface area contributed by atoms with Gasteiger partial charge in [0.25, 0.3) is 0 Å². The van der Waals surface area contributed by atoms with Gasteiger partial charge in [-0.15, -0.1) is 0 Å². The van der Waals surface area contributed by atoms with Gasteiger partial charge in [0.15, 0.2) is 0 Å². The third kappa shape index (κ3) is 2.59. The zero-order valence-corrected chi connectivity index (χ0v) is 12.6. The Labute approximate surface area is 116 Å². The SMILES string of the molecule is CC1CC(C)C(C)N(c2nc(NN)ncc2Br)C1. The molecule has 0 bridgehead atoms. The average molecular weight is 314 g/mol. The van der Waals surface area contributed by atoms with E-state index in [0.29, 0.717) is 23.8 Å². The minimum atomic E-state index is 0.450. The summed E-state index contributed by atoms with van der Waals surface area (Å²) in [6, 6.07) is 0.470. The molecule has 1 aliphatic rings. The predicted molar refractivity (Wildman–Crippen MR) is 77.3 cm³/mol. The predicted octanol–water partition coefficient (Wildman–Crippen LogP) is 2.40. The van der Waals surface area contributed by atoms with Gasteiger partial charge >= 0.3 is 0 Å². The minimum Gasteiger partial charge on any atom is -0.352 e. The van der Waals surface area contributed by atoms with Gasteiger partial charge < -0.3 is 4.90 Å². The van der Waals surface area contributed by atoms with Crippen LogP contribution in [0.5, 0.6) is 0 Å². The van der Waals surface area contributed by atoms with Crippen LogP contribution in [0.3, 0.4) is 0 Å². The number of piperidine rings is 1. The normalized spacial score (nSPS) is 28.3. The zero-order valence-electron chi connectivity index (χ0n) is 11.0. The van der Waals surface area contributed by atoms with E-state index in [2.05, 4.69) is 57.0 Å². The summed E-state index contributed by atoms with van der Waals surface area (Å²) in [5, 5.41) is 0. The number of anilines is 2. The van der Waals surface area contributed by atoms with Gasteiger partial charge in [-0.2, -0.15) is 4.98 Å². The van der Waals surface area contributed by atoms with Crippen molar-refractivity contribution in [2.75, 3.05) is 16.9 Å². The Bertz CT molecular complexity index is 425. The number of nitrogens with zero attached hydrogens (tertiary/aromatic N) is 3. The van der Waals surface area contributed by atoms with E-state index in [4.69, 9.17) is 5.84 Å². The number of aromatic nitrogens is 2. The topological polar surface area (TPSA) is 67.1 Å². The van der Waals surface area contributed by atoms with E-state index in [9.17, 15) is 0 Å². The van der Waals surface area contributed by atoms with Crippen LogP contribution < -0.4 is 16.2 Å². The van der Waals surface area contributed by atoms with Crippen LogP contribution in [-0.2, 0) is 0 Å². The van der Waals surface area contributed by atoms with Crippen molar-refractivity contribution in [3.05, 3.63) is 10.7 Å². The number of hydrazine groups is 1. The maximum Gasteiger partial charge on any atom is 0.239 e. The van der Waals surface area contributed by atoms with Crippen LogP contribution in [0.1, 0.15) is 27.2 Å². The largest absolute Gasteiger partial charge is 0.352 e. The fraction of sp³-hybridized carbons (Fsp3) is 0.667. The first-order valence-electron chi connectivity index (χ1n) is 6.28. The number of hydrogen-bond acceptors (Lipinski definition) is 5. The van der Waals surface area contributed by atoms with E-state index in [1.807, 2.05) is 0 Å². The molecular formula is C12H20BrN5. The third-order valence-electron chi connectivity index (χ3n) is 3.72. The fourth-order valence-corrected chi connectivity index (χ4v) is 3.04. The lowest BCUT2D eigenvalue weighted by Gasteiger charge is -2.42. The lowest BCUT2D eigenvalue weighted by molar-refractivity contribution is 0.295. The van der Waals surface area contributed by atoms with Crippen molar-refractivity contribution in [1.82, 2.24) is 9.97 Å². The summed E-state index contributed by atoms with van der Waals surface area (Å²) < 4.78 is 0.912. The Morgan fingerprint density at radius 1 is 1.44 bits per heavy atom. The van der Waals surface area contributed by atoms with E-state index >= 15 is 0 Å². The van der Waals surface area contributed by atoms with Gasteiger partial charge in [-0.3, -0.25) is 5.43 Å². The Kier molecular flexibility index (Phi) is 4.07. The van der Waals surface area contributed by atoms with E-state index < -0.39 is 0 Å². The van der Waals surface area contributed by atoms with E-state index in [0.717, 1.165) is 16.8 Å². The Hall–Kier alpha value is -0.880. The highest BCUT2D eigenvalue weighted by molar-refractivity contribution is 9.10. The molecule has 1 aliphatic heterocycles. The van der Waals surface area contributed by atoms with Crippen LogP contribution in [0.2, 0.25) is 0 Å². The molecule has 6 heteroatoms. The molecule has 2 rings (SSSR count). The fourth-order valence-electron chi connectivity index (χ4n) is 2.62. The number of hydrogen-bond donors (Lipinski definition) is 2. The molecule has 0 radical (unpaired) electrons. The number of nitrogens with one attached hydrogen (secondary N) is 1. The molecule has 1 aromatic heterocycles. The Morgan fingerprint density at radius 2 is 2.17 bits per heavy atom. The summed E-state index contributed by atoms with van der Waals surface area (Å²) in [5.74, 6) is 8.08. The highest BCUT2D eigenvalue weighted by atomic mass is 79.9. The molecule has 100 valence electrons. The maximum atomic E-state index is 5.38. The van der Waals surface area contributed by atoms with E-state index in [1.54, 1.807) is 6.20 Å². The number of nitrogen functional groups attached to an aromatic ring is 1. The van der Waals surface area contributed by atoms with Crippen LogP contribution in [0.15, 0.2) is 10.7 Å². The van der Waals surface area contributed by atoms with Crippen molar-refractivity contribution in [3.8, 4) is 0 Å². The van der Waals surface area contributed by atoms with Crippen LogP contribution in [0.25, 0.3) is 0 Å². The van der Waals surface area contributed by atoms with Crippen molar-refractivity contribution in [2.45, 2.75) is 33.2 Å². The first-order valence-corrected chi connectivity index (χ1v) is 7.08. The Morgan fingerprint density at radius 3 is 2.83 bits per heavy atom. The third-order valence-corrected chi connectivity index (χ3v) is 4.28. The summed E-state index contributed by atoms with van der Waals surface area (Å²) in [7, 11) is 0. The molecule has 3 atom stereocenters. The highest BCUT2D eigenvalue weighted by Crippen LogP contribution is 2.34. The monoisotopic (exact) mass is 313 g/mol. The number of nitrogens with two attached hydrogens (primary N) is 1.